The maximum atomic E-state index is 13.0. The summed E-state index contributed by atoms with van der Waals surface area (Å²) >= 11 is 0. The van der Waals surface area contributed by atoms with Gasteiger partial charge < -0.3 is 5.32 Å². The second-order valence-electron chi connectivity index (χ2n) is 9.21. The summed E-state index contributed by atoms with van der Waals surface area (Å²) in [6.07, 6.45) is 10.2. The summed E-state index contributed by atoms with van der Waals surface area (Å²) in [4.78, 5) is 14.9. The Morgan fingerprint density at radius 1 is 1.33 bits per heavy atom. The van der Waals surface area contributed by atoms with E-state index in [-0.39, 0.29) is 22.9 Å². The average molecular weight is 369 g/mol. The van der Waals surface area contributed by atoms with Gasteiger partial charge in [0.05, 0.1) is 18.0 Å². The molecule has 8 nitrogen and oxygen atoms in total. The van der Waals surface area contributed by atoms with Gasteiger partial charge in [0.15, 0.2) is 5.82 Å². The van der Waals surface area contributed by atoms with Gasteiger partial charge in [0.2, 0.25) is 5.91 Å². The van der Waals surface area contributed by atoms with Crippen molar-refractivity contribution in [2.24, 2.45) is 17.8 Å². The molecule has 1 N–H and O–H groups in total. The van der Waals surface area contributed by atoms with Gasteiger partial charge in [0, 0.05) is 17.9 Å². The van der Waals surface area contributed by atoms with Gasteiger partial charge in [-0.2, -0.15) is 9.90 Å². The monoisotopic (exact) mass is 369 g/mol. The Morgan fingerprint density at radius 2 is 2.11 bits per heavy atom. The van der Waals surface area contributed by atoms with Gasteiger partial charge in [-0.05, 0) is 68.6 Å². The van der Waals surface area contributed by atoms with E-state index in [9.17, 15) is 4.79 Å². The van der Waals surface area contributed by atoms with Crippen molar-refractivity contribution in [3.8, 4) is 0 Å². The number of amides is 1. The molecule has 4 fully saturated rings. The second-order valence-corrected chi connectivity index (χ2v) is 9.21. The summed E-state index contributed by atoms with van der Waals surface area (Å²) in [6, 6.07) is 1.89. The quantitative estimate of drug-likeness (QED) is 0.866. The molecule has 4 aliphatic rings. The summed E-state index contributed by atoms with van der Waals surface area (Å²) in [5, 5.41) is 20.7. The lowest BCUT2D eigenvalue weighted by Crippen LogP contribution is -2.66. The molecule has 27 heavy (non-hydrogen) atoms. The van der Waals surface area contributed by atoms with Crippen LogP contribution in [0.2, 0.25) is 0 Å². The molecule has 3 atom stereocenters. The average Bonchev–Trinajstić information content (AvgIpc) is 3.25. The standard InChI is InChI=1S/C19H27N7O/c1-13(11-25-5-3-4-20-25)17(27)21-18-7-15-6-16(8-18)10-19(9-15,12-18)26-23-14(2)22-24-26/h3-5,13,15-16H,6-12H2,1-2H3,(H,21,27). The number of aryl methyl sites for hydroxylation is 1. The number of carbonyl (C=O) groups excluding carboxylic acids is 1. The van der Waals surface area contributed by atoms with E-state index in [2.05, 4.69) is 25.8 Å². The third-order valence-electron chi connectivity index (χ3n) is 6.82. The first-order chi connectivity index (χ1) is 13.0. The first kappa shape index (κ1) is 16.9. The number of nitrogens with one attached hydrogen (secondary N) is 1. The van der Waals surface area contributed by atoms with Crippen LogP contribution in [-0.2, 0) is 16.9 Å². The van der Waals surface area contributed by atoms with Gasteiger partial charge in [-0.1, -0.05) is 6.92 Å². The molecule has 2 aromatic heterocycles. The van der Waals surface area contributed by atoms with Gasteiger partial charge in [-0.15, -0.1) is 10.2 Å². The molecule has 4 bridgehead atoms. The molecular formula is C19H27N7O. The fraction of sp³-hybridized carbons (Fsp3) is 0.737. The van der Waals surface area contributed by atoms with Crippen LogP contribution >= 0.6 is 0 Å². The number of hydrogen-bond donors (Lipinski definition) is 1. The third kappa shape index (κ3) is 2.85. The van der Waals surface area contributed by atoms with Crippen LogP contribution in [0.5, 0.6) is 0 Å². The van der Waals surface area contributed by atoms with E-state index in [4.69, 9.17) is 0 Å². The van der Waals surface area contributed by atoms with Crippen LogP contribution in [0, 0.1) is 24.7 Å². The van der Waals surface area contributed by atoms with Gasteiger partial charge in [-0.3, -0.25) is 9.48 Å². The highest BCUT2D eigenvalue weighted by Gasteiger charge is 2.60. The van der Waals surface area contributed by atoms with Gasteiger partial charge in [0.1, 0.15) is 0 Å². The lowest BCUT2D eigenvalue weighted by atomic mass is 9.50. The Bertz CT molecular complexity index is 828. The minimum absolute atomic E-state index is 0.0795. The van der Waals surface area contributed by atoms with E-state index in [1.807, 2.05) is 35.6 Å². The first-order valence-corrected chi connectivity index (χ1v) is 10.0. The van der Waals surface area contributed by atoms with Crippen LogP contribution in [0.4, 0.5) is 0 Å². The molecule has 2 aromatic rings. The van der Waals surface area contributed by atoms with Crippen LogP contribution in [0.15, 0.2) is 18.5 Å². The molecule has 144 valence electrons. The summed E-state index contributed by atoms with van der Waals surface area (Å²) in [5.41, 5.74) is -0.203. The Hall–Kier alpha value is -2.25. The van der Waals surface area contributed by atoms with Gasteiger partial charge >= 0.3 is 0 Å². The minimum Gasteiger partial charge on any atom is -0.350 e. The fourth-order valence-electron chi connectivity index (χ4n) is 6.24. The zero-order chi connectivity index (χ0) is 18.6. The van der Waals surface area contributed by atoms with E-state index in [1.165, 1.54) is 6.42 Å². The van der Waals surface area contributed by atoms with Crippen LogP contribution in [0.25, 0.3) is 0 Å². The van der Waals surface area contributed by atoms with Crippen molar-refractivity contribution in [1.29, 1.82) is 0 Å². The lowest BCUT2D eigenvalue weighted by Gasteiger charge is -2.61. The molecule has 0 aliphatic heterocycles. The molecule has 2 heterocycles. The first-order valence-electron chi connectivity index (χ1n) is 10.0. The van der Waals surface area contributed by atoms with Crippen molar-refractivity contribution in [3.63, 3.8) is 0 Å². The number of hydrogen-bond acceptors (Lipinski definition) is 5. The summed E-state index contributed by atoms with van der Waals surface area (Å²) in [6.45, 7) is 4.48. The van der Waals surface area contributed by atoms with E-state index < -0.39 is 0 Å². The molecule has 0 saturated heterocycles. The summed E-state index contributed by atoms with van der Waals surface area (Å²) < 4.78 is 1.83. The smallest absolute Gasteiger partial charge is 0.225 e. The van der Waals surface area contributed by atoms with Gasteiger partial charge in [-0.25, -0.2) is 0 Å². The highest BCUT2D eigenvalue weighted by atomic mass is 16.2. The molecule has 0 radical (unpaired) electrons. The Labute approximate surface area is 158 Å². The number of rotatable bonds is 5. The van der Waals surface area contributed by atoms with Crippen molar-refractivity contribution >= 4 is 5.91 Å². The molecule has 0 spiro atoms. The Balaban J connectivity index is 1.37. The number of aromatic nitrogens is 6. The van der Waals surface area contributed by atoms with E-state index in [1.54, 1.807) is 6.20 Å². The van der Waals surface area contributed by atoms with Gasteiger partial charge in [0.25, 0.3) is 0 Å². The molecule has 0 aromatic carbocycles. The number of tetrazole rings is 1. The maximum absolute atomic E-state index is 13.0. The predicted molar refractivity (Wildman–Crippen MR) is 97.5 cm³/mol. The summed E-state index contributed by atoms with van der Waals surface area (Å²) in [7, 11) is 0. The third-order valence-corrected chi connectivity index (χ3v) is 6.82. The second kappa shape index (κ2) is 5.87. The molecular weight excluding hydrogens is 342 g/mol. The zero-order valence-electron chi connectivity index (χ0n) is 16.0. The van der Waals surface area contributed by atoms with Crippen molar-refractivity contribution in [2.75, 3.05) is 0 Å². The molecule has 4 aliphatic carbocycles. The van der Waals surface area contributed by atoms with Crippen LogP contribution in [0.1, 0.15) is 51.3 Å². The van der Waals surface area contributed by atoms with Crippen molar-refractivity contribution in [1.82, 2.24) is 35.3 Å². The lowest BCUT2D eigenvalue weighted by molar-refractivity contribution is -0.135. The molecule has 1 amide bonds. The van der Waals surface area contributed by atoms with Crippen LogP contribution in [0.3, 0.4) is 0 Å². The summed E-state index contributed by atoms with van der Waals surface area (Å²) in [5.74, 6) is 2.01. The van der Waals surface area contributed by atoms with E-state index >= 15 is 0 Å². The highest BCUT2D eigenvalue weighted by Crippen LogP contribution is 2.60. The van der Waals surface area contributed by atoms with Crippen LogP contribution < -0.4 is 5.32 Å². The minimum atomic E-state index is -0.124. The topological polar surface area (TPSA) is 90.5 Å². The maximum Gasteiger partial charge on any atom is 0.225 e. The Kier molecular flexibility index (Phi) is 3.67. The number of nitrogens with zero attached hydrogens (tertiary/aromatic N) is 6. The van der Waals surface area contributed by atoms with E-state index in [0.717, 1.165) is 37.9 Å². The normalized spacial score (nSPS) is 35.3. The molecule has 3 unspecified atom stereocenters. The predicted octanol–water partition coefficient (Wildman–Crippen LogP) is 1.68. The van der Waals surface area contributed by atoms with Crippen molar-refractivity contribution in [3.05, 3.63) is 24.3 Å². The Morgan fingerprint density at radius 3 is 2.74 bits per heavy atom. The molecule has 6 rings (SSSR count). The van der Waals surface area contributed by atoms with Crippen molar-refractivity contribution < 1.29 is 4.79 Å². The fourth-order valence-corrected chi connectivity index (χ4v) is 6.24. The molecule has 8 heteroatoms. The zero-order valence-corrected chi connectivity index (χ0v) is 16.0. The SMILES string of the molecule is Cc1nnn(C23CC4CC(CC(NC(=O)C(C)Cn5cccn5)(C4)C2)C3)n1. The number of carbonyl (C=O) groups is 1. The molecule has 4 saturated carbocycles. The van der Waals surface area contributed by atoms with Crippen molar-refractivity contribution in [2.45, 2.75) is 70.0 Å². The largest absolute Gasteiger partial charge is 0.350 e. The van der Waals surface area contributed by atoms with Crippen LogP contribution in [-0.4, -0.2) is 41.4 Å². The highest BCUT2D eigenvalue weighted by molar-refractivity contribution is 5.79. The van der Waals surface area contributed by atoms with E-state index in [0.29, 0.717) is 18.4 Å².